The van der Waals surface area contributed by atoms with Gasteiger partial charge in [-0.05, 0) is 38.4 Å². The molecule has 104 valence electrons. The molecule has 1 aromatic carbocycles. The number of aromatic hydroxyl groups is 1. The Balaban J connectivity index is 2.25. The van der Waals surface area contributed by atoms with E-state index in [0.717, 1.165) is 4.47 Å². The molecule has 0 spiro atoms. The van der Waals surface area contributed by atoms with Gasteiger partial charge in [0.25, 0.3) is 0 Å². The molecule has 8 nitrogen and oxygen atoms in total. The molecule has 10 heteroatoms. The van der Waals surface area contributed by atoms with Crippen molar-refractivity contribution in [2.45, 2.75) is 0 Å². The lowest BCUT2D eigenvalue weighted by atomic mass is 10.2. The number of anilines is 1. The van der Waals surface area contributed by atoms with Gasteiger partial charge in [-0.25, -0.2) is 4.63 Å². The first kappa shape index (κ1) is 14.5. The van der Waals surface area contributed by atoms with Gasteiger partial charge in [-0.15, -0.1) is 5.10 Å². The van der Waals surface area contributed by atoms with E-state index in [4.69, 9.17) is 11.5 Å². The minimum atomic E-state index is -0.0476. The quantitative estimate of drug-likeness (QED) is 0.404. The Bertz CT molecular complexity index is 697. The first-order valence-electron chi connectivity index (χ1n) is 5.12. The Morgan fingerprint density at radius 2 is 2.10 bits per heavy atom. The molecule has 20 heavy (non-hydrogen) atoms. The van der Waals surface area contributed by atoms with Gasteiger partial charge in [0, 0.05) is 10.0 Å². The third kappa shape index (κ3) is 3.14. The molecule has 0 aliphatic heterocycles. The van der Waals surface area contributed by atoms with Gasteiger partial charge in [-0.1, -0.05) is 15.9 Å². The van der Waals surface area contributed by atoms with Crippen LogP contribution in [-0.4, -0.2) is 27.5 Å². The largest absolute Gasteiger partial charge is 0.506 e. The number of phenols is 1. The number of phenolic OH excluding ortho intramolecular Hbond substituents is 1. The van der Waals surface area contributed by atoms with Crippen LogP contribution in [0.5, 0.6) is 5.75 Å². The number of nitrogen functional groups attached to an aromatic ring is 1. The summed E-state index contributed by atoms with van der Waals surface area (Å²) in [7, 11) is 0. The molecule has 1 aromatic heterocycles. The van der Waals surface area contributed by atoms with Crippen molar-refractivity contribution >= 4 is 49.7 Å². The van der Waals surface area contributed by atoms with Crippen LogP contribution in [0.1, 0.15) is 11.3 Å². The highest BCUT2D eigenvalue weighted by Gasteiger charge is 2.10. The third-order valence-corrected chi connectivity index (χ3v) is 3.24. The van der Waals surface area contributed by atoms with E-state index < -0.39 is 0 Å². The Kier molecular flexibility index (Phi) is 4.35. The summed E-state index contributed by atoms with van der Waals surface area (Å²) in [4.78, 5) is 0. The van der Waals surface area contributed by atoms with Crippen LogP contribution in [0, 0.1) is 0 Å². The average molecular weight is 404 g/mol. The maximum atomic E-state index is 9.82. The van der Waals surface area contributed by atoms with E-state index in [2.05, 4.69) is 57.0 Å². The molecular weight excluding hydrogens is 396 g/mol. The van der Waals surface area contributed by atoms with Crippen molar-refractivity contribution in [3.8, 4) is 5.75 Å². The molecule has 0 aliphatic rings. The van der Waals surface area contributed by atoms with E-state index >= 15 is 0 Å². The van der Waals surface area contributed by atoms with Gasteiger partial charge in [-0.2, -0.15) is 5.10 Å². The van der Waals surface area contributed by atoms with Crippen LogP contribution in [0.15, 0.2) is 35.9 Å². The molecule has 0 atom stereocenters. The molecule has 2 aromatic rings. The summed E-state index contributed by atoms with van der Waals surface area (Å²) in [6, 6.07) is 3.37. The summed E-state index contributed by atoms with van der Waals surface area (Å²) in [5.74, 6) is 0.0105. The van der Waals surface area contributed by atoms with Crippen molar-refractivity contribution in [3.63, 3.8) is 0 Å². The van der Waals surface area contributed by atoms with Crippen LogP contribution in [0.4, 0.5) is 5.82 Å². The van der Waals surface area contributed by atoms with Gasteiger partial charge in [0.15, 0.2) is 17.3 Å². The molecule has 0 aliphatic carbocycles. The monoisotopic (exact) mass is 402 g/mol. The van der Waals surface area contributed by atoms with Gasteiger partial charge in [0.05, 0.1) is 10.7 Å². The van der Waals surface area contributed by atoms with E-state index in [1.165, 1.54) is 6.21 Å². The molecule has 5 N–H and O–H groups in total. The molecular formula is C10H8Br2N6O2. The van der Waals surface area contributed by atoms with Gasteiger partial charge >= 0.3 is 0 Å². The van der Waals surface area contributed by atoms with Crippen molar-refractivity contribution in [2.24, 2.45) is 15.9 Å². The number of aromatic nitrogens is 2. The fourth-order valence-corrected chi connectivity index (χ4v) is 2.52. The third-order valence-electron chi connectivity index (χ3n) is 2.18. The van der Waals surface area contributed by atoms with Gasteiger partial charge in [-0.3, -0.25) is 0 Å². The van der Waals surface area contributed by atoms with E-state index in [1.807, 2.05) is 0 Å². The van der Waals surface area contributed by atoms with E-state index in [1.54, 1.807) is 12.1 Å². The van der Waals surface area contributed by atoms with Crippen molar-refractivity contribution in [1.29, 1.82) is 0 Å². The van der Waals surface area contributed by atoms with Gasteiger partial charge in [0.2, 0.25) is 0 Å². The van der Waals surface area contributed by atoms with Crippen LogP contribution < -0.4 is 11.5 Å². The molecule has 0 radical (unpaired) electrons. The van der Waals surface area contributed by atoms with Crippen LogP contribution in [0.3, 0.4) is 0 Å². The highest BCUT2D eigenvalue weighted by molar-refractivity contribution is 9.11. The van der Waals surface area contributed by atoms with Crippen LogP contribution in [0.25, 0.3) is 0 Å². The molecule has 0 amide bonds. The number of rotatable bonds is 3. The summed E-state index contributed by atoms with van der Waals surface area (Å²) >= 11 is 6.51. The van der Waals surface area contributed by atoms with E-state index in [0.29, 0.717) is 10.0 Å². The Morgan fingerprint density at radius 3 is 2.75 bits per heavy atom. The van der Waals surface area contributed by atoms with Gasteiger partial charge in [0.1, 0.15) is 5.75 Å². The first-order valence-corrected chi connectivity index (χ1v) is 6.70. The summed E-state index contributed by atoms with van der Waals surface area (Å²) in [5, 5.41) is 24.1. The number of halogens is 2. The number of hydrogen-bond donors (Lipinski definition) is 3. The molecule has 0 fully saturated rings. The van der Waals surface area contributed by atoms with Gasteiger partial charge < -0.3 is 16.6 Å². The fraction of sp³-hybridized carbons (Fsp3) is 0. The predicted octanol–water partition coefficient (Wildman–Crippen LogP) is 1.62. The van der Waals surface area contributed by atoms with Crippen LogP contribution in [-0.2, 0) is 0 Å². The van der Waals surface area contributed by atoms with E-state index in [9.17, 15) is 5.11 Å². The van der Waals surface area contributed by atoms with Crippen LogP contribution >= 0.6 is 31.9 Å². The molecule has 0 bridgehead atoms. The Hall–Kier alpha value is -1.94. The highest BCUT2D eigenvalue weighted by atomic mass is 79.9. The second-order valence-electron chi connectivity index (χ2n) is 3.55. The second-order valence-corrected chi connectivity index (χ2v) is 5.32. The summed E-state index contributed by atoms with van der Waals surface area (Å²) in [6.07, 6.45) is 1.33. The molecule has 0 saturated heterocycles. The lowest BCUT2D eigenvalue weighted by Crippen LogP contribution is -2.15. The number of nitrogens with two attached hydrogens (primary N) is 2. The Labute approximate surface area is 129 Å². The van der Waals surface area contributed by atoms with Crippen molar-refractivity contribution < 1.29 is 9.74 Å². The van der Waals surface area contributed by atoms with Crippen LogP contribution in [0.2, 0.25) is 0 Å². The minimum Gasteiger partial charge on any atom is -0.506 e. The summed E-state index contributed by atoms with van der Waals surface area (Å²) < 4.78 is 5.68. The molecule has 2 rings (SSSR count). The second kappa shape index (κ2) is 6.01. The van der Waals surface area contributed by atoms with E-state index in [-0.39, 0.29) is 23.1 Å². The number of amidine groups is 1. The van der Waals surface area contributed by atoms with Crippen molar-refractivity contribution in [3.05, 3.63) is 32.3 Å². The number of hydrogen-bond acceptors (Lipinski definition) is 7. The van der Waals surface area contributed by atoms with Crippen molar-refractivity contribution in [2.75, 3.05) is 5.73 Å². The number of nitrogens with zero attached hydrogens (tertiary/aromatic N) is 4. The standard InChI is InChI=1S/C10H8Br2N6O2/c11-5-1-4(8(19)6(12)2-5)3-15-16-9(13)7-10(14)18-20-17-7/h1-3,19H,(H2,13,16)(H2,14,18)/b15-3+. The highest BCUT2D eigenvalue weighted by Crippen LogP contribution is 2.30. The zero-order valence-electron chi connectivity index (χ0n) is 9.79. The molecule has 1 heterocycles. The lowest BCUT2D eigenvalue weighted by molar-refractivity contribution is 0.308. The summed E-state index contributed by atoms with van der Waals surface area (Å²) in [5.41, 5.74) is 11.6. The fourth-order valence-electron chi connectivity index (χ4n) is 1.26. The lowest BCUT2D eigenvalue weighted by Gasteiger charge is -2.01. The molecule has 0 unspecified atom stereocenters. The first-order chi connectivity index (χ1) is 9.49. The maximum Gasteiger partial charge on any atom is 0.199 e. The normalized spacial score (nSPS) is 12.2. The smallest absolute Gasteiger partial charge is 0.199 e. The zero-order chi connectivity index (χ0) is 14.7. The topological polar surface area (TPSA) is 136 Å². The Morgan fingerprint density at radius 1 is 1.35 bits per heavy atom. The zero-order valence-corrected chi connectivity index (χ0v) is 13.0. The minimum absolute atomic E-state index is 0.0227. The predicted molar refractivity (Wildman–Crippen MR) is 80.5 cm³/mol. The maximum absolute atomic E-state index is 9.82. The average Bonchev–Trinajstić information content (AvgIpc) is 2.81. The van der Waals surface area contributed by atoms with Crippen molar-refractivity contribution in [1.82, 2.24) is 10.3 Å². The summed E-state index contributed by atoms with van der Waals surface area (Å²) in [6.45, 7) is 0. The molecule has 0 saturated carbocycles. The number of benzene rings is 1. The SMILES string of the molecule is N/C(=N\N=C\c1cc(Br)cc(Br)c1O)c1nonc1N.